The maximum atomic E-state index is 12.7. The summed E-state index contributed by atoms with van der Waals surface area (Å²) in [6.07, 6.45) is -0.609. The van der Waals surface area contributed by atoms with E-state index < -0.39 is 54.1 Å². The standard InChI is InChI=1S/C18H25N5O7S/c19-7-15(26)21-11(5-9-1-3-10(24)4-2-9)16(27)23-13(8-31)17(28)22-12(18(29)30)6-14(20)25/h1-4,11-13,24,31H,5-8,19H2,(H2,20,25)(H,21,26)(H,22,28)(H,23,27)(H,29,30). The summed E-state index contributed by atoms with van der Waals surface area (Å²) in [6.45, 7) is -0.372. The fourth-order valence-corrected chi connectivity index (χ4v) is 2.73. The number of hydrogen-bond acceptors (Lipinski definition) is 8. The molecule has 12 nitrogen and oxygen atoms in total. The van der Waals surface area contributed by atoms with E-state index in [0.717, 1.165) is 0 Å². The summed E-state index contributed by atoms with van der Waals surface area (Å²) < 4.78 is 0. The molecule has 0 fully saturated rings. The summed E-state index contributed by atoms with van der Waals surface area (Å²) in [5.41, 5.74) is 10.9. The summed E-state index contributed by atoms with van der Waals surface area (Å²) in [7, 11) is 0. The third-order valence-corrected chi connectivity index (χ3v) is 4.41. The Morgan fingerprint density at radius 2 is 1.48 bits per heavy atom. The number of carboxylic acids is 1. The van der Waals surface area contributed by atoms with Gasteiger partial charge in [0.25, 0.3) is 0 Å². The number of thiol groups is 1. The van der Waals surface area contributed by atoms with E-state index in [-0.39, 0.29) is 24.5 Å². The lowest BCUT2D eigenvalue weighted by Gasteiger charge is -2.23. The van der Waals surface area contributed by atoms with Gasteiger partial charge in [0.2, 0.25) is 23.6 Å². The topological polar surface area (TPSA) is 214 Å². The van der Waals surface area contributed by atoms with Crippen molar-refractivity contribution in [1.29, 1.82) is 0 Å². The number of nitrogens with one attached hydrogen (secondary N) is 3. The van der Waals surface area contributed by atoms with E-state index in [2.05, 4.69) is 28.6 Å². The number of phenolic OH excluding ortho intramolecular Hbond substituents is 1. The fourth-order valence-electron chi connectivity index (χ4n) is 2.47. The number of carbonyl (C=O) groups is 5. The van der Waals surface area contributed by atoms with Crippen LogP contribution >= 0.6 is 12.6 Å². The Hall–Kier alpha value is -3.32. The van der Waals surface area contributed by atoms with Crippen LogP contribution in [0.1, 0.15) is 12.0 Å². The number of rotatable bonds is 12. The molecule has 0 heterocycles. The minimum absolute atomic E-state index is 0.0199. The lowest BCUT2D eigenvalue weighted by molar-refractivity contribution is -0.143. The fraction of sp³-hybridized carbons (Fsp3) is 0.389. The zero-order valence-corrected chi connectivity index (χ0v) is 17.3. The van der Waals surface area contributed by atoms with Crippen LogP contribution in [0.15, 0.2) is 24.3 Å². The Balaban J connectivity index is 2.92. The van der Waals surface area contributed by atoms with E-state index in [1.165, 1.54) is 12.1 Å². The molecular weight excluding hydrogens is 430 g/mol. The minimum atomic E-state index is -1.57. The summed E-state index contributed by atoms with van der Waals surface area (Å²) >= 11 is 3.99. The van der Waals surface area contributed by atoms with Crippen molar-refractivity contribution in [3.8, 4) is 5.75 Å². The number of phenols is 1. The first kappa shape index (κ1) is 25.7. The van der Waals surface area contributed by atoms with Gasteiger partial charge in [-0.1, -0.05) is 12.1 Å². The second-order valence-electron chi connectivity index (χ2n) is 6.51. The predicted molar refractivity (Wildman–Crippen MR) is 112 cm³/mol. The van der Waals surface area contributed by atoms with E-state index in [4.69, 9.17) is 16.6 Å². The summed E-state index contributed by atoms with van der Waals surface area (Å²) in [5.74, 6) is -4.84. The van der Waals surface area contributed by atoms with Crippen molar-refractivity contribution in [2.24, 2.45) is 11.5 Å². The van der Waals surface area contributed by atoms with Crippen molar-refractivity contribution < 1.29 is 34.2 Å². The van der Waals surface area contributed by atoms with Crippen LogP contribution in [0.3, 0.4) is 0 Å². The molecule has 1 rings (SSSR count). The monoisotopic (exact) mass is 455 g/mol. The van der Waals surface area contributed by atoms with Crippen LogP contribution in [0, 0.1) is 0 Å². The van der Waals surface area contributed by atoms with Crippen molar-refractivity contribution in [2.75, 3.05) is 12.3 Å². The van der Waals surface area contributed by atoms with E-state index in [0.29, 0.717) is 5.56 Å². The molecule has 0 radical (unpaired) electrons. The van der Waals surface area contributed by atoms with Crippen molar-refractivity contribution in [3.05, 3.63) is 29.8 Å². The molecule has 9 N–H and O–H groups in total. The molecule has 0 aliphatic rings. The average Bonchev–Trinajstić information content (AvgIpc) is 2.71. The predicted octanol–water partition coefficient (Wildman–Crippen LogP) is -2.76. The first-order valence-corrected chi connectivity index (χ1v) is 9.70. The number of carboxylic acid groups (broad SMARTS) is 1. The van der Waals surface area contributed by atoms with Crippen LogP contribution in [0.5, 0.6) is 5.75 Å². The van der Waals surface area contributed by atoms with Gasteiger partial charge in [-0.3, -0.25) is 19.2 Å². The van der Waals surface area contributed by atoms with Gasteiger partial charge in [-0.2, -0.15) is 12.6 Å². The van der Waals surface area contributed by atoms with Crippen molar-refractivity contribution in [1.82, 2.24) is 16.0 Å². The third-order valence-electron chi connectivity index (χ3n) is 4.05. The minimum Gasteiger partial charge on any atom is -0.508 e. The summed E-state index contributed by atoms with van der Waals surface area (Å²) in [6, 6.07) is 1.96. The van der Waals surface area contributed by atoms with Gasteiger partial charge in [0.15, 0.2) is 0 Å². The first-order chi connectivity index (χ1) is 14.6. The Bertz CT molecular complexity index is 818. The number of hydrogen-bond donors (Lipinski definition) is 8. The van der Waals surface area contributed by atoms with E-state index >= 15 is 0 Å². The number of amides is 4. The van der Waals surface area contributed by atoms with Crippen LogP contribution in [-0.4, -0.2) is 70.2 Å². The van der Waals surface area contributed by atoms with E-state index in [9.17, 15) is 29.1 Å². The van der Waals surface area contributed by atoms with Crippen LogP contribution < -0.4 is 27.4 Å². The highest BCUT2D eigenvalue weighted by molar-refractivity contribution is 7.80. The molecular formula is C18H25N5O7S. The number of carbonyl (C=O) groups excluding carboxylic acids is 4. The molecule has 31 heavy (non-hydrogen) atoms. The number of aromatic hydroxyl groups is 1. The summed E-state index contributed by atoms with van der Waals surface area (Å²) in [4.78, 5) is 59.0. The molecule has 0 aliphatic heterocycles. The first-order valence-electron chi connectivity index (χ1n) is 9.07. The maximum Gasteiger partial charge on any atom is 0.326 e. The van der Waals surface area contributed by atoms with Gasteiger partial charge in [0.05, 0.1) is 13.0 Å². The van der Waals surface area contributed by atoms with Crippen molar-refractivity contribution in [2.45, 2.75) is 31.0 Å². The largest absolute Gasteiger partial charge is 0.508 e. The van der Waals surface area contributed by atoms with Gasteiger partial charge in [-0.05, 0) is 17.7 Å². The van der Waals surface area contributed by atoms with E-state index in [1.54, 1.807) is 12.1 Å². The molecule has 0 saturated heterocycles. The van der Waals surface area contributed by atoms with Gasteiger partial charge in [-0.15, -0.1) is 0 Å². The normalized spacial score (nSPS) is 13.4. The zero-order chi connectivity index (χ0) is 23.6. The zero-order valence-electron chi connectivity index (χ0n) is 16.4. The molecule has 0 bridgehead atoms. The van der Waals surface area contributed by atoms with Gasteiger partial charge >= 0.3 is 5.97 Å². The third kappa shape index (κ3) is 8.92. The Kier molecular flexibility index (Phi) is 10.3. The number of benzene rings is 1. The second-order valence-corrected chi connectivity index (χ2v) is 6.87. The molecule has 0 aliphatic carbocycles. The maximum absolute atomic E-state index is 12.7. The van der Waals surface area contributed by atoms with Gasteiger partial charge in [0.1, 0.15) is 23.9 Å². The van der Waals surface area contributed by atoms with Gasteiger partial charge in [0, 0.05) is 12.2 Å². The number of nitrogens with two attached hydrogens (primary N) is 2. The Morgan fingerprint density at radius 3 is 1.97 bits per heavy atom. The smallest absolute Gasteiger partial charge is 0.326 e. The van der Waals surface area contributed by atoms with Crippen LogP contribution in [-0.2, 0) is 30.4 Å². The van der Waals surface area contributed by atoms with Crippen molar-refractivity contribution >= 4 is 42.2 Å². The van der Waals surface area contributed by atoms with Crippen LogP contribution in [0.4, 0.5) is 0 Å². The quantitative estimate of drug-likeness (QED) is 0.154. The highest BCUT2D eigenvalue weighted by Crippen LogP contribution is 2.11. The molecule has 0 aromatic heterocycles. The average molecular weight is 455 g/mol. The van der Waals surface area contributed by atoms with Gasteiger partial charge in [-0.25, -0.2) is 4.79 Å². The Labute approximate surface area is 183 Å². The highest BCUT2D eigenvalue weighted by atomic mass is 32.1. The SMILES string of the molecule is NCC(=O)NC(Cc1ccc(O)cc1)C(=O)NC(CS)C(=O)NC(CC(N)=O)C(=O)O. The molecule has 0 spiro atoms. The van der Waals surface area contributed by atoms with E-state index in [1.807, 2.05) is 0 Å². The second kappa shape index (κ2) is 12.4. The molecule has 1 aromatic carbocycles. The lowest BCUT2D eigenvalue weighted by Crippen LogP contribution is -2.57. The molecule has 170 valence electrons. The molecule has 4 amide bonds. The summed E-state index contributed by atoms with van der Waals surface area (Å²) in [5, 5.41) is 25.4. The van der Waals surface area contributed by atoms with Gasteiger partial charge < -0.3 is 37.6 Å². The Morgan fingerprint density at radius 1 is 0.935 bits per heavy atom. The van der Waals surface area contributed by atoms with Crippen LogP contribution in [0.2, 0.25) is 0 Å². The van der Waals surface area contributed by atoms with Crippen LogP contribution in [0.25, 0.3) is 0 Å². The molecule has 3 atom stereocenters. The molecule has 0 saturated carbocycles. The van der Waals surface area contributed by atoms with Crippen molar-refractivity contribution in [3.63, 3.8) is 0 Å². The molecule has 3 unspecified atom stereocenters. The molecule has 13 heteroatoms. The molecule has 1 aromatic rings. The number of aliphatic carboxylic acids is 1. The highest BCUT2D eigenvalue weighted by Gasteiger charge is 2.29. The lowest BCUT2D eigenvalue weighted by atomic mass is 10.0. The number of primary amides is 1.